The third-order valence-electron chi connectivity index (χ3n) is 4.97. The van der Waals surface area contributed by atoms with Crippen molar-refractivity contribution < 1.29 is 14.3 Å². The minimum absolute atomic E-state index is 0.0881. The van der Waals surface area contributed by atoms with Gasteiger partial charge in [-0.2, -0.15) is 0 Å². The second-order valence-corrected chi connectivity index (χ2v) is 7.58. The molecule has 0 radical (unpaired) electrons. The summed E-state index contributed by atoms with van der Waals surface area (Å²) < 4.78 is 6.05. The summed E-state index contributed by atoms with van der Waals surface area (Å²) >= 11 is 0. The standard InChI is InChI=1S/C23H28N2O3/c1-15(2)18-11-10-16(3)14-21(18)28-13-7-12-25-20-9-6-5-8-19(20)22(23(25)27)24-17(4)26/h5-6,8-11,14-15,22H,7,12-13H2,1-4H3,(H,24,26). The van der Waals surface area contributed by atoms with Crippen LogP contribution in [0.1, 0.15) is 55.8 Å². The Morgan fingerprint density at radius 1 is 1.21 bits per heavy atom. The number of rotatable bonds is 7. The number of anilines is 1. The van der Waals surface area contributed by atoms with Crippen LogP contribution < -0.4 is 15.0 Å². The number of amides is 2. The van der Waals surface area contributed by atoms with Gasteiger partial charge in [0.15, 0.2) is 0 Å². The topological polar surface area (TPSA) is 58.6 Å². The number of nitrogens with one attached hydrogen (secondary N) is 1. The van der Waals surface area contributed by atoms with Crippen molar-refractivity contribution in [1.82, 2.24) is 5.32 Å². The smallest absolute Gasteiger partial charge is 0.254 e. The minimum Gasteiger partial charge on any atom is -0.493 e. The molecule has 0 saturated heterocycles. The summed E-state index contributed by atoms with van der Waals surface area (Å²) in [5.74, 6) is 1.01. The third-order valence-corrected chi connectivity index (χ3v) is 4.97. The van der Waals surface area contributed by atoms with Crippen LogP contribution >= 0.6 is 0 Å². The highest BCUT2D eigenvalue weighted by Crippen LogP contribution is 2.35. The zero-order valence-corrected chi connectivity index (χ0v) is 17.0. The Bertz CT molecular complexity index is 876. The number of hydrogen-bond donors (Lipinski definition) is 1. The number of ether oxygens (including phenoxy) is 1. The van der Waals surface area contributed by atoms with E-state index in [1.165, 1.54) is 18.1 Å². The molecule has 5 nitrogen and oxygen atoms in total. The van der Waals surface area contributed by atoms with Crippen molar-refractivity contribution in [1.29, 1.82) is 0 Å². The zero-order chi connectivity index (χ0) is 20.3. The van der Waals surface area contributed by atoms with Gasteiger partial charge in [0.2, 0.25) is 5.91 Å². The normalized spacial score (nSPS) is 15.7. The van der Waals surface area contributed by atoms with Crippen molar-refractivity contribution >= 4 is 17.5 Å². The van der Waals surface area contributed by atoms with E-state index in [1.54, 1.807) is 4.90 Å². The van der Waals surface area contributed by atoms with E-state index in [9.17, 15) is 9.59 Å². The van der Waals surface area contributed by atoms with Gasteiger partial charge in [0.05, 0.1) is 6.61 Å². The van der Waals surface area contributed by atoms with Crippen LogP contribution in [0.2, 0.25) is 0 Å². The molecule has 0 saturated carbocycles. The first kappa shape index (κ1) is 19.9. The Hall–Kier alpha value is -2.82. The number of carbonyl (C=O) groups is 2. The first-order chi connectivity index (χ1) is 13.4. The van der Waals surface area contributed by atoms with Gasteiger partial charge < -0.3 is 15.0 Å². The Balaban J connectivity index is 1.65. The van der Waals surface area contributed by atoms with Crippen LogP contribution in [0.5, 0.6) is 5.75 Å². The van der Waals surface area contributed by atoms with Crippen LogP contribution in [-0.2, 0) is 9.59 Å². The predicted octanol–water partition coefficient (Wildman–Crippen LogP) is 4.11. The summed E-state index contributed by atoms with van der Waals surface area (Å²) in [5, 5.41) is 2.76. The largest absolute Gasteiger partial charge is 0.493 e. The molecular weight excluding hydrogens is 352 g/mol. The van der Waals surface area contributed by atoms with Crippen LogP contribution in [0.25, 0.3) is 0 Å². The zero-order valence-electron chi connectivity index (χ0n) is 17.0. The van der Waals surface area contributed by atoms with E-state index in [-0.39, 0.29) is 11.8 Å². The predicted molar refractivity (Wildman–Crippen MR) is 111 cm³/mol. The van der Waals surface area contributed by atoms with E-state index in [4.69, 9.17) is 4.74 Å². The molecule has 0 fully saturated rings. The lowest BCUT2D eigenvalue weighted by atomic mass is 10.0. The summed E-state index contributed by atoms with van der Waals surface area (Å²) in [5.41, 5.74) is 4.08. The molecule has 1 aliphatic heterocycles. The van der Waals surface area contributed by atoms with Crippen molar-refractivity contribution in [3.05, 3.63) is 59.2 Å². The fourth-order valence-corrected chi connectivity index (χ4v) is 3.61. The quantitative estimate of drug-likeness (QED) is 0.736. The van der Waals surface area contributed by atoms with Gasteiger partial charge in [-0.3, -0.25) is 9.59 Å². The molecule has 148 valence electrons. The van der Waals surface area contributed by atoms with E-state index in [1.807, 2.05) is 24.3 Å². The lowest BCUT2D eigenvalue weighted by molar-refractivity contribution is -0.126. The maximum Gasteiger partial charge on any atom is 0.254 e. The molecule has 28 heavy (non-hydrogen) atoms. The van der Waals surface area contributed by atoms with Gasteiger partial charge in [-0.1, -0.05) is 44.2 Å². The monoisotopic (exact) mass is 380 g/mol. The third kappa shape index (κ3) is 4.19. The molecule has 0 spiro atoms. The van der Waals surface area contributed by atoms with Crippen LogP contribution in [0.4, 0.5) is 5.69 Å². The molecule has 0 bridgehead atoms. The molecule has 2 amide bonds. The molecule has 0 aliphatic carbocycles. The second kappa shape index (κ2) is 8.46. The molecule has 2 aromatic carbocycles. The first-order valence-corrected chi connectivity index (χ1v) is 9.79. The van der Waals surface area contributed by atoms with Gasteiger partial charge in [0.1, 0.15) is 11.8 Å². The van der Waals surface area contributed by atoms with E-state index in [0.29, 0.717) is 25.5 Å². The van der Waals surface area contributed by atoms with E-state index in [0.717, 1.165) is 17.0 Å². The highest BCUT2D eigenvalue weighted by Gasteiger charge is 2.37. The molecule has 1 N–H and O–H groups in total. The Kier molecular flexibility index (Phi) is 6.02. The molecule has 5 heteroatoms. The van der Waals surface area contributed by atoms with Crippen molar-refractivity contribution in [2.75, 3.05) is 18.1 Å². The van der Waals surface area contributed by atoms with Gasteiger partial charge in [-0.25, -0.2) is 0 Å². The van der Waals surface area contributed by atoms with Crippen LogP contribution in [-0.4, -0.2) is 25.0 Å². The van der Waals surface area contributed by atoms with Gasteiger partial charge in [-0.15, -0.1) is 0 Å². The van der Waals surface area contributed by atoms with Gasteiger partial charge >= 0.3 is 0 Å². The van der Waals surface area contributed by atoms with Crippen molar-refractivity contribution in [2.24, 2.45) is 0 Å². The minimum atomic E-state index is -0.598. The highest BCUT2D eigenvalue weighted by molar-refractivity contribution is 6.06. The van der Waals surface area contributed by atoms with Gasteiger partial charge in [-0.05, 0) is 42.5 Å². The number of benzene rings is 2. The maximum atomic E-state index is 12.8. The van der Waals surface area contributed by atoms with E-state index >= 15 is 0 Å². The average molecular weight is 380 g/mol. The first-order valence-electron chi connectivity index (χ1n) is 9.79. The molecule has 1 aliphatic rings. The molecule has 1 heterocycles. The highest BCUT2D eigenvalue weighted by atomic mass is 16.5. The Labute approximate surface area is 166 Å². The lowest BCUT2D eigenvalue weighted by Gasteiger charge is -2.19. The Morgan fingerprint density at radius 3 is 2.68 bits per heavy atom. The number of aryl methyl sites for hydroxylation is 1. The number of hydrogen-bond acceptors (Lipinski definition) is 3. The summed E-state index contributed by atoms with van der Waals surface area (Å²) in [7, 11) is 0. The van der Waals surface area contributed by atoms with Crippen LogP contribution in [0, 0.1) is 6.92 Å². The number of nitrogens with zero attached hydrogens (tertiary/aromatic N) is 1. The molecule has 1 atom stereocenters. The van der Waals surface area contributed by atoms with Crippen LogP contribution in [0.3, 0.4) is 0 Å². The maximum absolute atomic E-state index is 12.8. The van der Waals surface area contributed by atoms with Crippen molar-refractivity contribution in [3.8, 4) is 5.75 Å². The molecule has 1 unspecified atom stereocenters. The SMILES string of the molecule is CC(=O)NC1C(=O)N(CCCOc2cc(C)ccc2C(C)C)c2ccccc21. The molecule has 2 aromatic rings. The molecule has 3 rings (SSSR count). The Morgan fingerprint density at radius 2 is 1.96 bits per heavy atom. The summed E-state index contributed by atoms with van der Waals surface area (Å²) in [6.45, 7) is 8.87. The summed E-state index contributed by atoms with van der Waals surface area (Å²) in [6.07, 6.45) is 0.707. The number of para-hydroxylation sites is 1. The van der Waals surface area contributed by atoms with Crippen molar-refractivity contribution in [3.63, 3.8) is 0 Å². The summed E-state index contributed by atoms with van der Waals surface area (Å²) in [6, 6.07) is 13.3. The fourth-order valence-electron chi connectivity index (χ4n) is 3.61. The fraction of sp³-hybridized carbons (Fsp3) is 0.391. The molecular formula is C23H28N2O3. The van der Waals surface area contributed by atoms with Crippen molar-refractivity contribution in [2.45, 2.75) is 46.1 Å². The van der Waals surface area contributed by atoms with E-state index < -0.39 is 6.04 Å². The second-order valence-electron chi connectivity index (χ2n) is 7.58. The van der Waals surface area contributed by atoms with Gasteiger partial charge in [0.25, 0.3) is 5.91 Å². The number of fused-ring (bicyclic) bond motifs is 1. The van der Waals surface area contributed by atoms with Crippen LogP contribution in [0.15, 0.2) is 42.5 Å². The average Bonchev–Trinajstić information content (AvgIpc) is 2.90. The number of carbonyl (C=O) groups excluding carboxylic acids is 2. The summed E-state index contributed by atoms with van der Waals surface area (Å²) in [4.78, 5) is 26.1. The van der Waals surface area contributed by atoms with Gasteiger partial charge in [0, 0.05) is 24.7 Å². The van der Waals surface area contributed by atoms with E-state index in [2.05, 4.69) is 44.3 Å². The molecule has 0 aromatic heterocycles. The lowest BCUT2D eigenvalue weighted by Crippen LogP contribution is -2.37.